The zero-order chi connectivity index (χ0) is 16.5. The minimum atomic E-state index is -0.0322. The highest BCUT2D eigenvalue weighted by Gasteiger charge is 2.25. The Morgan fingerprint density at radius 3 is 2.75 bits per heavy atom. The van der Waals surface area contributed by atoms with Crippen LogP contribution >= 0.6 is 11.3 Å². The van der Waals surface area contributed by atoms with Crippen molar-refractivity contribution in [3.8, 4) is 0 Å². The lowest BCUT2D eigenvalue weighted by atomic mass is 9.97. The van der Waals surface area contributed by atoms with Crippen LogP contribution in [-0.2, 0) is 0 Å². The van der Waals surface area contributed by atoms with Gasteiger partial charge in [0.25, 0.3) is 5.91 Å². The number of nitrogens with one attached hydrogen (secondary N) is 1. The lowest BCUT2D eigenvalue weighted by Crippen LogP contribution is -2.30. The van der Waals surface area contributed by atoms with Crippen molar-refractivity contribution in [2.75, 3.05) is 25.0 Å². The van der Waals surface area contributed by atoms with E-state index in [9.17, 15) is 4.79 Å². The molecule has 0 aromatic carbocycles. The molecule has 0 unspecified atom stereocenters. The highest BCUT2D eigenvalue weighted by molar-refractivity contribution is 7.17. The van der Waals surface area contributed by atoms with Gasteiger partial charge in [-0.3, -0.25) is 4.79 Å². The molecule has 1 radical (unpaired) electrons. The maximum absolute atomic E-state index is 12.2. The lowest BCUT2D eigenvalue weighted by molar-refractivity contribution is 0.0965. The molecule has 1 saturated carbocycles. The molecular formula is C19H24N3OS. The summed E-state index contributed by atoms with van der Waals surface area (Å²) in [5.41, 5.74) is 3.04. The van der Waals surface area contributed by atoms with E-state index in [1.807, 2.05) is 5.38 Å². The maximum Gasteiger partial charge on any atom is 0.254 e. The number of hydrogen-bond acceptors (Lipinski definition) is 4. The second kappa shape index (κ2) is 6.71. The number of hydrogen-bond donors (Lipinski definition) is 1. The standard InChI is InChI=1S/C19H24N3OS/c1-20-19(23)15-12-24-18-14(13-7-3-4-8-13)11-16(21-17(15)18)22-9-5-2-6-10-22/h2,11-13H,3-10H2,1H3,(H,20,23). The Morgan fingerprint density at radius 1 is 1.29 bits per heavy atom. The second-order valence-corrected chi connectivity index (χ2v) is 7.69. The Kier molecular flexibility index (Phi) is 4.44. The molecule has 2 aromatic rings. The molecule has 4 rings (SSSR count). The summed E-state index contributed by atoms with van der Waals surface area (Å²) in [6.45, 7) is 2.06. The number of carbonyl (C=O) groups is 1. The van der Waals surface area contributed by atoms with Gasteiger partial charge >= 0.3 is 0 Å². The lowest BCUT2D eigenvalue weighted by Gasteiger charge is -2.28. The number of thiophene rings is 1. The number of rotatable bonds is 3. The third-order valence-electron chi connectivity index (χ3n) is 5.33. The third kappa shape index (κ3) is 2.79. The van der Waals surface area contributed by atoms with Crippen LogP contribution in [0, 0.1) is 6.42 Å². The van der Waals surface area contributed by atoms with Crippen LogP contribution < -0.4 is 10.2 Å². The fourth-order valence-corrected chi connectivity index (χ4v) is 5.08. The van der Waals surface area contributed by atoms with Crippen molar-refractivity contribution in [2.24, 2.45) is 0 Å². The van der Waals surface area contributed by atoms with Gasteiger partial charge in [-0.2, -0.15) is 0 Å². The van der Waals surface area contributed by atoms with Crippen LogP contribution in [0.2, 0.25) is 0 Å². The Hall–Kier alpha value is -1.62. The molecule has 3 heterocycles. The molecule has 24 heavy (non-hydrogen) atoms. The summed E-state index contributed by atoms with van der Waals surface area (Å²) in [7, 11) is 1.69. The summed E-state index contributed by atoms with van der Waals surface area (Å²) < 4.78 is 1.22. The number of carbonyl (C=O) groups excluding carboxylic acids is 1. The summed E-state index contributed by atoms with van der Waals surface area (Å²) in [6, 6.07) is 2.31. The number of anilines is 1. The van der Waals surface area contributed by atoms with Gasteiger partial charge in [0.05, 0.1) is 15.8 Å². The van der Waals surface area contributed by atoms with Crippen molar-refractivity contribution in [3.05, 3.63) is 29.0 Å². The average Bonchev–Trinajstić information content (AvgIpc) is 3.30. The van der Waals surface area contributed by atoms with Crippen molar-refractivity contribution < 1.29 is 4.79 Å². The zero-order valence-electron chi connectivity index (χ0n) is 14.2. The number of nitrogens with zero attached hydrogens (tertiary/aromatic N) is 2. The van der Waals surface area contributed by atoms with E-state index in [-0.39, 0.29) is 5.91 Å². The molecule has 2 fully saturated rings. The summed E-state index contributed by atoms with van der Waals surface area (Å²) in [4.78, 5) is 19.5. The van der Waals surface area contributed by atoms with Gasteiger partial charge in [-0.15, -0.1) is 11.3 Å². The second-order valence-electron chi connectivity index (χ2n) is 6.81. The van der Waals surface area contributed by atoms with Crippen molar-refractivity contribution in [3.63, 3.8) is 0 Å². The number of piperidine rings is 1. The first-order valence-electron chi connectivity index (χ1n) is 8.98. The molecule has 1 aliphatic heterocycles. The molecular weight excluding hydrogens is 318 g/mol. The number of aromatic nitrogens is 1. The van der Waals surface area contributed by atoms with Crippen LogP contribution in [0.5, 0.6) is 0 Å². The van der Waals surface area contributed by atoms with Crippen molar-refractivity contribution in [1.29, 1.82) is 0 Å². The predicted octanol–water partition coefficient (Wildman–Crippen LogP) is 4.12. The molecule has 1 aliphatic carbocycles. The van der Waals surface area contributed by atoms with E-state index in [0.717, 1.165) is 42.8 Å². The first kappa shape index (κ1) is 15.9. The fraction of sp³-hybridized carbons (Fsp3) is 0.526. The summed E-state index contributed by atoms with van der Waals surface area (Å²) in [5, 5.41) is 4.73. The van der Waals surface area contributed by atoms with Gasteiger partial charge in [0.15, 0.2) is 0 Å². The normalized spacial score (nSPS) is 19.1. The van der Waals surface area contributed by atoms with Gasteiger partial charge in [-0.25, -0.2) is 4.98 Å². The molecule has 2 aliphatic rings. The Bertz CT molecular complexity index is 742. The van der Waals surface area contributed by atoms with Gasteiger partial charge in [-0.05, 0) is 49.7 Å². The van der Waals surface area contributed by atoms with E-state index < -0.39 is 0 Å². The Morgan fingerprint density at radius 2 is 2.04 bits per heavy atom. The number of amides is 1. The largest absolute Gasteiger partial charge is 0.357 e. The maximum atomic E-state index is 12.2. The predicted molar refractivity (Wildman–Crippen MR) is 100.0 cm³/mol. The SMILES string of the molecule is CNC(=O)c1csc2c(C3CCCC3)cc(N3CC[CH]CC3)nc12. The number of fused-ring (bicyclic) bond motifs is 1. The summed E-state index contributed by atoms with van der Waals surface area (Å²) >= 11 is 1.68. The smallest absolute Gasteiger partial charge is 0.254 e. The minimum Gasteiger partial charge on any atom is -0.357 e. The van der Waals surface area contributed by atoms with Crippen molar-refractivity contribution in [1.82, 2.24) is 10.3 Å². The van der Waals surface area contributed by atoms with E-state index in [2.05, 4.69) is 22.7 Å². The van der Waals surface area contributed by atoms with Crippen LogP contribution in [0.1, 0.15) is 60.4 Å². The molecule has 0 atom stereocenters. The van der Waals surface area contributed by atoms with E-state index in [1.54, 1.807) is 18.4 Å². The van der Waals surface area contributed by atoms with E-state index in [0.29, 0.717) is 5.92 Å². The van der Waals surface area contributed by atoms with Crippen molar-refractivity contribution >= 4 is 33.3 Å². The van der Waals surface area contributed by atoms with Gasteiger partial charge < -0.3 is 10.2 Å². The van der Waals surface area contributed by atoms with Gasteiger partial charge in [0.2, 0.25) is 0 Å². The van der Waals surface area contributed by atoms with Crippen LogP contribution in [0.4, 0.5) is 5.82 Å². The molecule has 0 bridgehead atoms. The van der Waals surface area contributed by atoms with E-state index >= 15 is 0 Å². The first-order chi connectivity index (χ1) is 11.8. The molecule has 1 saturated heterocycles. The van der Waals surface area contributed by atoms with Gasteiger partial charge in [0, 0.05) is 25.5 Å². The Labute approximate surface area is 147 Å². The molecule has 2 aromatic heterocycles. The van der Waals surface area contributed by atoms with Crippen LogP contribution in [0.3, 0.4) is 0 Å². The molecule has 1 amide bonds. The first-order valence-corrected chi connectivity index (χ1v) is 9.86. The monoisotopic (exact) mass is 342 g/mol. The summed E-state index contributed by atoms with van der Waals surface area (Å²) in [6.07, 6.45) is 9.74. The van der Waals surface area contributed by atoms with Crippen molar-refractivity contribution in [2.45, 2.75) is 44.4 Å². The highest BCUT2D eigenvalue weighted by atomic mass is 32.1. The third-order valence-corrected chi connectivity index (χ3v) is 6.35. The van der Waals surface area contributed by atoms with E-state index in [4.69, 9.17) is 4.98 Å². The minimum absolute atomic E-state index is 0.0322. The van der Waals surface area contributed by atoms with Crippen LogP contribution in [0.15, 0.2) is 11.4 Å². The molecule has 0 spiro atoms. The molecule has 4 nitrogen and oxygen atoms in total. The Balaban J connectivity index is 1.84. The highest BCUT2D eigenvalue weighted by Crippen LogP contribution is 2.41. The quantitative estimate of drug-likeness (QED) is 0.913. The van der Waals surface area contributed by atoms with Gasteiger partial charge in [0.1, 0.15) is 5.82 Å². The zero-order valence-corrected chi connectivity index (χ0v) is 15.0. The van der Waals surface area contributed by atoms with Gasteiger partial charge in [-0.1, -0.05) is 12.8 Å². The van der Waals surface area contributed by atoms with Crippen LogP contribution in [0.25, 0.3) is 10.2 Å². The van der Waals surface area contributed by atoms with E-state index in [1.165, 1.54) is 35.9 Å². The molecule has 127 valence electrons. The average molecular weight is 342 g/mol. The summed E-state index contributed by atoms with van der Waals surface area (Å²) in [5.74, 6) is 1.65. The fourth-order valence-electron chi connectivity index (χ4n) is 4.00. The molecule has 5 heteroatoms. The number of pyridine rings is 1. The van der Waals surface area contributed by atoms with Crippen LogP contribution in [-0.4, -0.2) is 31.0 Å². The topological polar surface area (TPSA) is 45.2 Å². The molecule has 1 N–H and O–H groups in total.